The third kappa shape index (κ3) is 3.52. The lowest BCUT2D eigenvalue weighted by Gasteiger charge is -2.20. The van der Waals surface area contributed by atoms with Crippen molar-refractivity contribution in [3.8, 4) is 0 Å². The molecule has 0 aliphatic carbocycles. The molecule has 0 aliphatic heterocycles. The molecule has 25 heavy (non-hydrogen) atoms. The number of hydrogen-bond donors (Lipinski definition) is 1. The van der Waals surface area contributed by atoms with E-state index in [1.165, 1.54) is 6.07 Å². The highest BCUT2D eigenvalue weighted by Gasteiger charge is 2.25. The van der Waals surface area contributed by atoms with E-state index >= 15 is 0 Å². The summed E-state index contributed by atoms with van der Waals surface area (Å²) < 4.78 is 16.0. The van der Waals surface area contributed by atoms with Crippen molar-refractivity contribution in [2.75, 3.05) is 0 Å². The molecule has 1 atom stereocenters. The van der Waals surface area contributed by atoms with Crippen molar-refractivity contribution in [1.29, 1.82) is 0 Å². The highest BCUT2D eigenvalue weighted by Crippen LogP contribution is 2.28. The smallest absolute Gasteiger partial charge is 0.253 e. The van der Waals surface area contributed by atoms with Crippen molar-refractivity contribution in [1.82, 2.24) is 14.9 Å². The Bertz CT molecular complexity index is 926. The predicted octanol–water partition coefficient (Wildman–Crippen LogP) is 4.39. The molecule has 2 aromatic carbocycles. The average Bonchev–Trinajstić information content (AvgIpc) is 3.01. The number of halogens is 3. The molecule has 1 aromatic heterocycles. The van der Waals surface area contributed by atoms with Crippen LogP contribution in [-0.4, -0.2) is 15.5 Å². The number of nitrogens with zero attached hydrogens (tertiary/aromatic N) is 2. The van der Waals surface area contributed by atoms with Crippen LogP contribution in [0.15, 0.2) is 54.9 Å². The van der Waals surface area contributed by atoms with E-state index in [0.717, 1.165) is 0 Å². The first-order valence-corrected chi connectivity index (χ1v) is 8.21. The van der Waals surface area contributed by atoms with Crippen LogP contribution in [0.1, 0.15) is 27.8 Å². The van der Waals surface area contributed by atoms with Crippen LogP contribution >= 0.6 is 23.2 Å². The van der Waals surface area contributed by atoms with Gasteiger partial charge >= 0.3 is 0 Å². The second-order valence-electron chi connectivity index (χ2n) is 5.43. The van der Waals surface area contributed by atoms with Gasteiger partial charge in [-0.3, -0.25) is 4.79 Å². The molecule has 0 aliphatic rings. The molecule has 0 saturated heterocycles. The molecule has 0 radical (unpaired) electrons. The van der Waals surface area contributed by atoms with Crippen molar-refractivity contribution in [2.24, 2.45) is 7.05 Å². The molecule has 7 heteroatoms. The maximum absolute atomic E-state index is 14.3. The molecular weight excluding hydrogens is 364 g/mol. The quantitative estimate of drug-likeness (QED) is 0.732. The molecule has 1 heterocycles. The van der Waals surface area contributed by atoms with Crippen LogP contribution in [0.25, 0.3) is 0 Å². The maximum atomic E-state index is 14.3. The van der Waals surface area contributed by atoms with E-state index in [1.807, 2.05) is 0 Å². The fourth-order valence-electron chi connectivity index (χ4n) is 2.53. The van der Waals surface area contributed by atoms with Gasteiger partial charge in [-0.15, -0.1) is 0 Å². The molecule has 1 amide bonds. The van der Waals surface area contributed by atoms with Crippen molar-refractivity contribution in [3.05, 3.63) is 87.7 Å². The van der Waals surface area contributed by atoms with Crippen LogP contribution in [0, 0.1) is 5.82 Å². The van der Waals surface area contributed by atoms with Gasteiger partial charge in [0.25, 0.3) is 5.91 Å². The van der Waals surface area contributed by atoms with Gasteiger partial charge in [-0.05, 0) is 18.2 Å². The molecule has 4 nitrogen and oxygen atoms in total. The van der Waals surface area contributed by atoms with Gasteiger partial charge in [0.15, 0.2) is 0 Å². The van der Waals surface area contributed by atoms with Gasteiger partial charge in [0.2, 0.25) is 0 Å². The average molecular weight is 378 g/mol. The Morgan fingerprint density at radius 2 is 1.96 bits per heavy atom. The third-order valence-electron chi connectivity index (χ3n) is 3.80. The van der Waals surface area contributed by atoms with Crippen molar-refractivity contribution in [2.45, 2.75) is 6.04 Å². The SMILES string of the molecule is Cn1ccnc1[C@@H](NC(=O)c1cccc(Cl)c1Cl)c1ccccc1F. The molecule has 1 N–H and O–H groups in total. The van der Waals surface area contributed by atoms with Gasteiger partial charge in [-0.25, -0.2) is 9.37 Å². The molecule has 0 fully saturated rings. The molecule has 0 unspecified atom stereocenters. The molecule has 3 rings (SSSR count). The third-order valence-corrected chi connectivity index (χ3v) is 4.62. The normalized spacial score (nSPS) is 12.0. The number of carbonyl (C=O) groups is 1. The largest absolute Gasteiger partial charge is 0.338 e. The Balaban J connectivity index is 2.02. The van der Waals surface area contributed by atoms with Crippen LogP contribution in [0.3, 0.4) is 0 Å². The Hall–Kier alpha value is -2.37. The highest BCUT2D eigenvalue weighted by atomic mass is 35.5. The number of imidazole rings is 1. The molecule has 128 valence electrons. The lowest BCUT2D eigenvalue weighted by molar-refractivity contribution is 0.0941. The zero-order chi connectivity index (χ0) is 18.0. The summed E-state index contributed by atoms with van der Waals surface area (Å²) in [6.07, 6.45) is 3.31. The van der Waals surface area contributed by atoms with Gasteiger partial charge in [0.1, 0.15) is 17.7 Å². The minimum absolute atomic E-state index is 0.147. The van der Waals surface area contributed by atoms with Crippen molar-refractivity contribution >= 4 is 29.1 Å². The fraction of sp³-hybridized carbons (Fsp3) is 0.111. The van der Waals surface area contributed by atoms with Crippen LogP contribution in [-0.2, 0) is 7.05 Å². The number of hydrogen-bond acceptors (Lipinski definition) is 2. The molecular formula is C18H14Cl2FN3O. The number of nitrogens with one attached hydrogen (secondary N) is 1. The van der Waals surface area contributed by atoms with Gasteiger partial charge < -0.3 is 9.88 Å². The minimum Gasteiger partial charge on any atom is -0.338 e. The van der Waals surface area contributed by atoms with E-state index in [-0.39, 0.29) is 15.6 Å². The molecule has 0 bridgehead atoms. The summed E-state index contributed by atoms with van der Waals surface area (Å²) in [6, 6.07) is 10.2. The van der Waals surface area contributed by atoms with Gasteiger partial charge in [0, 0.05) is 25.0 Å². The van der Waals surface area contributed by atoms with E-state index in [4.69, 9.17) is 23.2 Å². The second-order valence-corrected chi connectivity index (χ2v) is 6.21. The Labute approximate surface area is 154 Å². The zero-order valence-electron chi connectivity index (χ0n) is 13.2. The first-order chi connectivity index (χ1) is 12.0. The van der Waals surface area contributed by atoms with Crippen LogP contribution < -0.4 is 5.32 Å². The number of rotatable bonds is 4. The number of amides is 1. The number of aryl methyl sites for hydroxylation is 1. The highest BCUT2D eigenvalue weighted by molar-refractivity contribution is 6.43. The van der Waals surface area contributed by atoms with E-state index in [0.29, 0.717) is 11.4 Å². The Morgan fingerprint density at radius 3 is 2.64 bits per heavy atom. The fourth-order valence-corrected chi connectivity index (χ4v) is 2.92. The molecule has 0 spiro atoms. The number of benzene rings is 2. The second kappa shape index (κ2) is 7.25. The van der Waals surface area contributed by atoms with E-state index in [9.17, 15) is 9.18 Å². The summed E-state index contributed by atoms with van der Waals surface area (Å²) in [7, 11) is 1.77. The van der Waals surface area contributed by atoms with E-state index < -0.39 is 17.8 Å². The zero-order valence-corrected chi connectivity index (χ0v) is 14.7. The molecule has 0 saturated carbocycles. The van der Waals surface area contributed by atoms with Crippen molar-refractivity contribution in [3.63, 3.8) is 0 Å². The summed E-state index contributed by atoms with van der Waals surface area (Å²) in [5.41, 5.74) is 0.521. The van der Waals surface area contributed by atoms with Crippen LogP contribution in [0.4, 0.5) is 4.39 Å². The number of aromatic nitrogens is 2. The summed E-state index contributed by atoms with van der Waals surface area (Å²) in [5, 5.41) is 3.22. The summed E-state index contributed by atoms with van der Waals surface area (Å²) >= 11 is 12.1. The Kier molecular flexibility index (Phi) is 5.06. The number of carbonyl (C=O) groups excluding carboxylic acids is 1. The summed E-state index contributed by atoms with van der Waals surface area (Å²) in [6.45, 7) is 0. The standard InChI is InChI=1S/C18H14Cl2FN3O/c1-24-10-9-22-17(24)16(11-5-2-3-8-14(11)21)23-18(25)12-6-4-7-13(19)15(12)20/h2-10,16H,1H3,(H,23,25)/t16-/m0/s1. The van der Waals surface area contributed by atoms with Crippen LogP contribution in [0.5, 0.6) is 0 Å². The van der Waals surface area contributed by atoms with Crippen LogP contribution in [0.2, 0.25) is 10.0 Å². The first-order valence-electron chi connectivity index (χ1n) is 7.45. The lowest BCUT2D eigenvalue weighted by Crippen LogP contribution is -2.32. The topological polar surface area (TPSA) is 46.9 Å². The van der Waals surface area contributed by atoms with E-state index in [1.54, 1.807) is 60.4 Å². The molecule has 3 aromatic rings. The van der Waals surface area contributed by atoms with Crippen molar-refractivity contribution < 1.29 is 9.18 Å². The first kappa shape index (κ1) is 17.5. The summed E-state index contributed by atoms with van der Waals surface area (Å²) in [4.78, 5) is 16.9. The maximum Gasteiger partial charge on any atom is 0.253 e. The predicted molar refractivity (Wildman–Crippen MR) is 95.4 cm³/mol. The van der Waals surface area contributed by atoms with Gasteiger partial charge in [-0.1, -0.05) is 47.5 Å². The minimum atomic E-state index is -0.774. The van der Waals surface area contributed by atoms with Gasteiger partial charge in [0.05, 0.1) is 15.6 Å². The Morgan fingerprint density at radius 1 is 1.20 bits per heavy atom. The summed E-state index contributed by atoms with van der Waals surface area (Å²) in [5.74, 6) is -0.409. The monoisotopic (exact) mass is 377 g/mol. The lowest BCUT2D eigenvalue weighted by atomic mass is 10.0. The van der Waals surface area contributed by atoms with Gasteiger partial charge in [-0.2, -0.15) is 0 Å². The van der Waals surface area contributed by atoms with E-state index in [2.05, 4.69) is 10.3 Å².